The van der Waals surface area contributed by atoms with Crippen molar-refractivity contribution in [2.75, 3.05) is 19.5 Å². The Labute approximate surface area is 121 Å². The van der Waals surface area contributed by atoms with Crippen LogP contribution in [0.1, 0.15) is 0 Å². The van der Waals surface area contributed by atoms with Crippen LogP contribution >= 0.6 is 0 Å². The minimum absolute atomic E-state index is 0.0251. The molecule has 1 aromatic carbocycles. The van der Waals surface area contributed by atoms with Gasteiger partial charge in [0.05, 0.1) is 19.9 Å². The largest absolute Gasteiger partial charge is 0.497 e. The number of nitrogens with zero attached hydrogens (tertiary/aromatic N) is 2. The Morgan fingerprint density at radius 1 is 1.33 bits per heavy atom. The molecule has 0 saturated heterocycles. The van der Waals surface area contributed by atoms with Gasteiger partial charge in [0.1, 0.15) is 11.5 Å². The van der Waals surface area contributed by atoms with Crippen LogP contribution in [0.2, 0.25) is 0 Å². The molecule has 0 bridgehead atoms. The first-order valence-electron chi connectivity index (χ1n) is 6.02. The number of methoxy groups -OCH3 is 2. The van der Waals surface area contributed by atoms with Gasteiger partial charge in [-0.05, 0) is 12.1 Å². The van der Waals surface area contributed by atoms with Gasteiger partial charge in [-0.15, -0.1) is 0 Å². The van der Waals surface area contributed by atoms with Gasteiger partial charge in [0, 0.05) is 18.5 Å². The average Bonchev–Trinajstić information content (AvgIpc) is 2.49. The molecule has 0 saturated carbocycles. The normalized spacial score (nSPS) is 10.0. The summed E-state index contributed by atoms with van der Waals surface area (Å²) in [4.78, 5) is 4.08. The number of hydrogen-bond acceptors (Lipinski definition) is 6. The smallest absolute Gasteiger partial charge is 0.198 e. The third-order valence-electron chi connectivity index (χ3n) is 2.81. The maximum Gasteiger partial charge on any atom is 0.198 e. The van der Waals surface area contributed by atoms with E-state index in [1.807, 2.05) is 0 Å². The van der Waals surface area contributed by atoms with Crippen LogP contribution in [0.3, 0.4) is 0 Å². The van der Waals surface area contributed by atoms with Crippen molar-refractivity contribution in [3.63, 3.8) is 0 Å². The Morgan fingerprint density at radius 2 is 2.10 bits per heavy atom. The van der Waals surface area contributed by atoms with Crippen LogP contribution in [0.5, 0.6) is 11.5 Å². The zero-order valence-electron chi connectivity index (χ0n) is 11.7. The number of nitrogens with one attached hydrogen (secondary N) is 3. The quantitative estimate of drug-likeness (QED) is 0.491. The van der Waals surface area contributed by atoms with Crippen LogP contribution in [0.15, 0.2) is 30.6 Å². The number of anilines is 2. The lowest BCUT2D eigenvalue weighted by Gasteiger charge is -2.13. The van der Waals surface area contributed by atoms with Gasteiger partial charge in [-0.3, -0.25) is 15.4 Å². The standard InChI is InChI=1S/C13H16N6O2/c1-20-8-3-4-9(10(7-8)21-2)18-12-11(14)19(13(15)16)6-5-17-12/h3-7,14H,1-2H3,(H3,15,16)(H,17,18). The predicted molar refractivity (Wildman–Crippen MR) is 78.2 cm³/mol. The van der Waals surface area contributed by atoms with Crippen molar-refractivity contribution in [2.24, 2.45) is 5.73 Å². The number of nitrogen functional groups attached to an aromatic ring is 1. The average molecular weight is 288 g/mol. The molecule has 0 aliphatic rings. The zero-order valence-corrected chi connectivity index (χ0v) is 11.7. The Kier molecular flexibility index (Phi) is 4.07. The van der Waals surface area contributed by atoms with Crippen molar-refractivity contribution >= 4 is 17.5 Å². The van der Waals surface area contributed by atoms with E-state index in [9.17, 15) is 0 Å². The van der Waals surface area contributed by atoms with Crippen LogP contribution in [-0.4, -0.2) is 29.7 Å². The number of rotatable bonds is 4. The van der Waals surface area contributed by atoms with Crippen molar-refractivity contribution in [3.05, 3.63) is 36.1 Å². The fourth-order valence-electron chi connectivity index (χ4n) is 1.75. The first-order valence-corrected chi connectivity index (χ1v) is 6.02. The Bertz CT molecular complexity index is 725. The minimum atomic E-state index is -0.257. The van der Waals surface area contributed by atoms with E-state index in [-0.39, 0.29) is 17.3 Å². The highest BCUT2D eigenvalue weighted by Gasteiger charge is 2.09. The topological polar surface area (TPSA) is 122 Å². The fourth-order valence-corrected chi connectivity index (χ4v) is 1.75. The number of hydrogen-bond donors (Lipinski definition) is 4. The third kappa shape index (κ3) is 2.94. The van der Waals surface area contributed by atoms with Gasteiger partial charge < -0.3 is 20.5 Å². The summed E-state index contributed by atoms with van der Waals surface area (Å²) in [5.41, 5.74) is 6.00. The van der Waals surface area contributed by atoms with Gasteiger partial charge >= 0.3 is 0 Å². The monoisotopic (exact) mass is 288 g/mol. The van der Waals surface area contributed by atoms with Crippen LogP contribution < -0.4 is 26.0 Å². The summed E-state index contributed by atoms with van der Waals surface area (Å²) in [6, 6.07) is 5.23. The van der Waals surface area contributed by atoms with Crippen LogP contribution in [0.4, 0.5) is 11.5 Å². The van der Waals surface area contributed by atoms with Crippen LogP contribution in [-0.2, 0) is 0 Å². The lowest BCUT2D eigenvalue weighted by Crippen LogP contribution is -2.33. The van der Waals surface area contributed by atoms with Crippen molar-refractivity contribution in [2.45, 2.75) is 0 Å². The summed E-state index contributed by atoms with van der Waals surface area (Å²) in [5.74, 6) is 1.21. The molecule has 0 unspecified atom stereocenters. The summed E-state index contributed by atoms with van der Waals surface area (Å²) >= 11 is 0. The molecule has 0 aliphatic carbocycles. The molecule has 0 aliphatic heterocycles. The van der Waals surface area contributed by atoms with Gasteiger partial charge in [-0.2, -0.15) is 0 Å². The van der Waals surface area contributed by atoms with Crippen LogP contribution in [0.25, 0.3) is 0 Å². The third-order valence-corrected chi connectivity index (χ3v) is 2.81. The number of nitrogens with two attached hydrogens (primary N) is 1. The first kappa shape index (κ1) is 14.4. The van der Waals surface area contributed by atoms with E-state index in [1.54, 1.807) is 25.3 Å². The van der Waals surface area contributed by atoms with Crippen molar-refractivity contribution in [3.8, 4) is 11.5 Å². The van der Waals surface area contributed by atoms with Crippen molar-refractivity contribution in [1.82, 2.24) is 9.55 Å². The lowest BCUT2D eigenvalue weighted by atomic mass is 10.2. The highest BCUT2D eigenvalue weighted by molar-refractivity contribution is 5.77. The van der Waals surface area contributed by atoms with Gasteiger partial charge in [0.25, 0.3) is 0 Å². The molecule has 2 aromatic rings. The predicted octanol–water partition coefficient (Wildman–Crippen LogP) is 0.865. The molecule has 1 heterocycles. The summed E-state index contributed by atoms with van der Waals surface area (Å²) < 4.78 is 11.6. The lowest BCUT2D eigenvalue weighted by molar-refractivity contribution is 0.395. The highest BCUT2D eigenvalue weighted by atomic mass is 16.5. The van der Waals surface area contributed by atoms with E-state index >= 15 is 0 Å². The second-order valence-electron chi connectivity index (χ2n) is 4.07. The SMILES string of the molecule is COc1ccc(Nc2nccn(C(=N)N)c2=N)c(OC)c1. The Morgan fingerprint density at radius 3 is 2.71 bits per heavy atom. The minimum Gasteiger partial charge on any atom is -0.497 e. The fraction of sp³-hybridized carbons (Fsp3) is 0.154. The molecule has 0 fully saturated rings. The summed E-state index contributed by atoms with van der Waals surface area (Å²) in [6.45, 7) is 0. The Balaban J connectivity index is 2.41. The van der Waals surface area contributed by atoms with Crippen molar-refractivity contribution < 1.29 is 9.47 Å². The van der Waals surface area contributed by atoms with E-state index in [0.717, 1.165) is 0 Å². The molecular formula is C13H16N6O2. The van der Waals surface area contributed by atoms with Crippen LogP contribution in [0, 0.1) is 10.8 Å². The van der Waals surface area contributed by atoms with E-state index < -0.39 is 0 Å². The summed E-state index contributed by atoms with van der Waals surface area (Å²) in [6.07, 6.45) is 2.90. The van der Waals surface area contributed by atoms with E-state index in [2.05, 4.69) is 10.3 Å². The molecule has 0 spiro atoms. The van der Waals surface area contributed by atoms with Gasteiger partial charge in [-0.1, -0.05) is 0 Å². The maximum absolute atomic E-state index is 7.98. The summed E-state index contributed by atoms with van der Waals surface area (Å²) in [7, 11) is 3.11. The molecule has 110 valence electrons. The number of ether oxygens (including phenoxy) is 2. The number of benzene rings is 1. The van der Waals surface area contributed by atoms with Gasteiger partial charge in [0.2, 0.25) is 0 Å². The zero-order chi connectivity index (χ0) is 15.4. The second-order valence-corrected chi connectivity index (χ2v) is 4.07. The van der Waals surface area contributed by atoms with E-state index in [4.69, 9.17) is 26.0 Å². The maximum atomic E-state index is 7.98. The Hall–Kier alpha value is -3.03. The molecule has 5 N–H and O–H groups in total. The molecule has 8 heteroatoms. The second kappa shape index (κ2) is 5.95. The van der Waals surface area contributed by atoms with Gasteiger partial charge in [-0.25, -0.2) is 4.98 Å². The highest BCUT2D eigenvalue weighted by Crippen LogP contribution is 2.30. The molecule has 0 amide bonds. The summed E-state index contributed by atoms with van der Waals surface area (Å²) in [5, 5.41) is 18.4. The molecule has 2 rings (SSSR count). The van der Waals surface area contributed by atoms with E-state index in [0.29, 0.717) is 17.2 Å². The molecular weight excluding hydrogens is 272 g/mol. The molecule has 21 heavy (non-hydrogen) atoms. The molecule has 0 radical (unpaired) electrons. The van der Waals surface area contributed by atoms with Crippen molar-refractivity contribution in [1.29, 1.82) is 10.8 Å². The van der Waals surface area contributed by atoms with Gasteiger partial charge in [0.15, 0.2) is 17.3 Å². The molecule has 8 nitrogen and oxygen atoms in total. The molecule has 0 atom stereocenters. The first-order chi connectivity index (χ1) is 10.1. The molecule has 1 aromatic heterocycles. The van der Waals surface area contributed by atoms with E-state index in [1.165, 1.54) is 24.1 Å². The number of aromatic nitrogens is 2.